The Morgan fingerprint density at radius 3 is 2.58 bits per heavy atom. The molecule has 19 heavy (non-hydrogen) atoms. The summed E-state index contributed by atoms with van der Waals surface area (Å²) in [5.74, 6) is 0. The predicted molar refractivity (Wildman–Crippen MR) is 79.0 cm³/mol. The van der Waals surface area contributed by atoms with Crippen LogP contribution < -0.4 is 5.73 Å². The molecule has 1 saturated carbocycles. The fourth-order valence-corrected chi connectivity index (χ4v) is 3.64. The van der Waals surface area contributed by atoms with E-state index >= 15 is 0 Å². The van der Waals surface area contributed by atoms with Crippen molar-refractivity contribution in [1.82, 2.24) is 9.80 Å². The first-order valence-electron chi connectivity index (χ1n) is 7.49. The van der Waals surface area contributed by atoms with Gasteiger partial charge in [0, 0.05) is 37.8 Å². The largest absolute Gasteiger partial charge is 0.328 e. The minimum Gasteiger partial charge on any atom is -0.328 e. The molecule has 3 atom stereocenters. The minimum atomic E-state index is 0.418. The number of hydrogen-bond donors (Lipinski definition) is 1. The first kappa shape index (κ1) is 13.1. The monoisotopic (exact) mass is 259 g/mol. The minimum absolute atomic E-state index is 0.418. The van der Waals surface area contributed by atoms with Gasteiger partial charge in [-0.15, -0.1) is 0 Å². The highest BCUT2D eigenvalue weighted by Gasteiger charge is 2.35. The van der Waals surface area contributed by atoms with Gasteiger partial charge in [-0.1, -0.05) is 30.3 Å². The van der Waals surface area contributed by atoms with E-state index in [9.17, 15) is 0 Å². The van der Waals surface area contributed by atoms with Crippen LogP contribution in [0, 0.1) is 0 Å². The van der Waals surface area contributed by atoms with Crippen molar-refractivity contribution in [1.29, 1.82) is 0 Å². The lowest BCUT2D eigenvalue weighted by molar-refractivity contribution is 0.0529. The van der Waals surface area contributed by atoms with Crippen molar-refractivity contribution in [3.63, 3.8) is 0 Å². The molecule has 0 aromatic heterocycles. The fourth-order valence-electron chi connectivity index (χ4n) is 3.64. The third-order valence-electron chi connectivity index (χ3n) is 4.72. The van der Waals surface area contributed by atoms with E-state index in [4.69, 9.17) is 5.73 Å². The smallest absolute Gasteiger partial charge is 0.0478 e. The second kappa shape index (κ2) is 5.61. The van der Waals surface area contributed by atoms with E-state index in [0.717, 1.165) is 6.54 Å². The van der Waals surface area contributed by atoms with Gasteiger partial charge in [0.25, 0.3) is 0 Å². The molecule has 0 amide bonds. The molecule has 1 saturated heterocycles. The highest BCUT2D eigenvalue weighted by Crippen LogP contribution is 2.32. The van der Waals surface area contributed by atoms with Crippen LogP contribution in [0.25, 0.3) is 0 Å². The van der Waals surface area contributed by atoms with Gasteiger partial charge in [0.1, 0.15) is 0 Å². The molecule has 2 N–H and O–H groups in total. The van der Waals surface area contributed by atoms with Crippen molar-refractivity contribution in [2.75, 3.05) is 26.7 Å². The third-order valence-corrected chi connectivity index (χ3v) is 4.72. The molecule has 1 aliphatic heterocycles. The van der Waals surface area contributed by atoms with E-state index < -0.39 is 0 Å². The molecule has 1 aromatic rings. The van der Waals surface area contributed by atoms with Crippen LogP contribution in [0.5, 0.6) is 0 Å². The number of hydrogen-bond acceptors (Lipinski definition) is 3. The van der Waals surface area contributed by atoms with Crippen LogP contribution in [0.3, 0.4) is 0 Å². The Labute approximate surface area is 116 Å². The van der Waals surface area contributed by atoms with Gasteiger partial charge in [0.05, 0.1) is 0 Å². The summed E-state index contributed by atoms with van der Waals surface area (Å²) in [6.45, 7) is 3.48. The molecule has 1 aliphatic carbocycles. The molecular weight excluding hydrogens is 234 g/mol. The molecule has 1 heterocycles. The highest BCUT2D eigenvalue weighted by molar-refractivity contribution is 5.20. The van der Waals surface area contributed by atoms with Crippen LogP contribution in [0.2, 0.25) is 0 Å². The van der Waals surface area contributed by atoms with Gasteiger partial charge in [-0.05, 0) is 31.9 Å². The number of rotatable bonds is 2. The topological polar surface area (TPSA) is 32.5 Å². The highest BCUT2D eigenvalue weighted by atomic mass is 15.3. The lowest BCUT2D eigenvalue weighted by Gasteiger charge is -2.43. The first-order valence-corrected chi connectivity index (χ1v) is 7.49. The van der Waals surface area contributed by atoms with E-state index in [1.165, 1.54) is 37.9 Å². The summed E-state index contributed by atoms with van der Waals surface area (Å²) in [7, 11) is 2.23. The maximum atomic E-state index is 6.11. The first-order chi connectivity index (χ1) is 9.24. The third kappa shape index (κ3) is 2.83. The maximum absolute atomic E-state index is 6.11. The second-order valence-electron chi connectivity index (χ2n) is 6.15. The van der Waals surface area contributed by atoms with Crippen LogP contribution in [-0.2, 0) is 0 Å². The molecule has 3 nitrogen and oxygen atoms in total. The Morgan fingerprint density at radius 2 is 1.89 bits per heavy atom. The number of nitrogens with zero attached hydrogens (tertiary/aromatic N) is 2. The van der Waals surface area contributed by atoms with Crippen molar-refractivity contribution >= 4 is 0 Å². The normalized spacial score (nSPS) is 33.7. The summed E-state index contributed by atoms with van der Waals surface area (Å²) in [5, 5.41) is 0. The summed E-state index contributed by atoms with van der Waals surface area (Å²) >= 11 is 0. The molecule has 0 bridgehead atoms. The molecule has 3 rings (SSSR count). The van der Waals surface area contributed by atoms with Crippen molar-refractivity contribution in [3.05, 3.63) is 35.9 Å². The van der Waals surface area contributed by atoms with E-state index in [2.05, 4.69) is 47.2 Å². The standard InChI is InChI=1S/C16H25N3/c1-18-9-10-19(15-8-7-14(17)11-15)16(12-18)13-5-3-2-4-6-13/h2-6,14-16H,7-12,17H2,1H3. The molecular formula is C16H25N3. The zero-order valence-corrected chi connectivity index (χ0v) is 11.8. The molecule has 2 fully saturated rings. The van der Waals surface area contributed by atoms with Gasteiger partial charge >= 0.3 is 0 Å². The van der Waals surface area contributed by atoms with Gasteiger partial charge in [-0.2, -0.15) is 0 Å². The number of benzene rings is 1. The Bertz CT molecular complexity index is 406. The summed E-state index contributed by atoms with van der Waals surface area (Å²) in [4.78, 5) is 5.16. The summed E-state index contributed by atoms with van der Waals surface area (Å²) in [6, 6.07) is 12.6. The summed E-state index contributed by atoms with van der Waals surface area (Å²) < 4.78 is 0. The van der Waals surface area contributed by atoms with Gasteiger partial charge in [0.2, 0.25) is 0 Å². The number of nitrogens with two attached hydrogens (primary N) is 1. The summed E-state index contributed by atoms with van der Waals surface area (Å²) in [5.41, 5.74) is 7.56. The Morgan fingerprint density at radius 1 is 1.11 bits per heavy atom. The average Bonchev–Trinajstić information content (AvgIpc) is 2.86. The average molecular weight is 259 g/mol. The van der Waals surface area contributed by atoms with E-state index in [1.807, 2.05) is 0 Å². The molecule has 0 radical (unpaired) electrons. The van der Waals surface area contributed by atoms with Crippen LogP contribution in [-0.4, -0.2) is 48.6 Å². The Balaban J connectivity index is 1.80. The van der Waals surface area contributed by atoms with Crippen molar-refractivity contribution in [2.24, 2.45) is 5.73 Å². The molecule has 2 aliphatic rings. The molecule has 3 heteroatoms. The van der Waals surface area contributed by atoms with E-state index in [1.54, 1.807) is 0 Å². The number of likely N-dealkylation sites (N-methyl/N-ethyl adjacent to an activating group) is 1. The second-order valence-corrected chi connectivity index (χ2v) is 6.15. The summed E-state index contributed by atoms with van der Waals surface area (Å²) in [6.07, 6.45) is 3.64. The van der Waals surface area contributed by atoms with Gasteiger partial charge in [-0.3, -0.25) is 4.90 Å². The molecule has 104 valence electrons. The molecule has 0 spiro atoms. The van der Waals surface area contributed by atoms with Crippen molar-refractivity contribution in [2.45, 2.75) is 37.4 Å². The zero-order valence-electron chi connectivity index (χ0n) is 11.8. The fraction of sp³-hybridized carbons (Fsp3) is 0.625. The maximum Gasteiger partial charge on any atom is 0.0478 e. The van der Waals surface area contributed by atoms with Crippen LogP contribution in [0.4, 0.5) is 0 Å². The molecule has 1 aromatic carbocycles. The van der Waals surface area contributed by atoms with Crippen LogP contribution in [0.15, 0.2) is 30.3 Å². The van der Waals surface area contributed by atoms with Crippen molar-refractivity contribution < 1.29 is 0 Å². The van der Waals surface area contributed by atoms with E-state index in [0.29, 0.717) is 18.1 Å². The molecule has 3 unspecified atom stereocenters. The Kier molecular flexibility index (Phi) is 3.87. The lowest BCUT2D eigenvalue weighted by Crippen LogP contribution is -2.50. The van der Waals surface area contributed by atoms with Gasteiger partial charge < -0.3 is 10.6 Å². The SMILES string of the molecule is CN1CCN(C2CCC(N)C2)C(c2ccccc2)C1. The van der Waals surface area contributed by atoms with Crippen LogP contribution in [0.1, 0.15) is 30.9 Å². The Hall–Kier alpha value is -0.900. The van der Waals surface area contributed by atoms with Crippen molar-refractivity contribution in [3.8, 4) is 0 Å². The quantitative estimate of drug-likeness (QED) is 0.880. The number of piperazine rings is 1. The van der Waals surface area contributed by atoms with Gasteiger partial charge in [0.15, 0.2) is 0 Å². The zero-order chi connectivity index (χ0) is 13.2. The van der Waals surface area contributed by atoms with Gasteiger partial charge in [-0.25, -0.2) is 0 Å². The van der Waals surface area contributed by atoms with E-state index in [-0.39, 0.29) is 0 Å². The lowest BCUT2D eigenvalue weighted by atomic mass is 9.99. The van der Waals surface area contributed by atoms with Crippen LogP contribution >= 0.6 is 0 Å². The predicted octanol–water partition coefficient (Wildman–Crippen LogP) is 1.85.